The van der Waals surface area contributed by atoms with Crippen LogP contribution in [0.2, 0.25) is 0 Å². The van der Waals surface area contributed by atoms with Gasteiger partial charge in [0.2, 0.25) is 5.91 Å². The van der Waals surface area contributed by atoms with Crippen LogP contribution < -0.4 is 9.47 Å². The molecule has 6 nitrogen and oxygen atoms in total. The number of alkyl halides is 2. The number of carbonyl (C=O) groups excluding carboxylic acids is 1. The molecular weight excluding hydrogens is 348 g/mol. The lowest BCUT2D eigenvalue weighted by atomic mass is 9.96. The molecule has 2 unspecified atom stereocenters. The first-order chi connectivity index (χ1) is 13.1. The number of benzene rings is 1. The lowest BCUT2D eigenvalue weighted by molar-refractivity contribution is -0.147. The summed E-state index contributed by atoms with van der Waals surface area (Å²) in [5.41, 5.74) is 0.568. The number of hydrogen-bond acceptors (Lipinski definition) is 4. The van der Waals surface area contributed by atoms with Crippen LogP contribution in [-0.4, -0.2) is 47.6 Å². The predicted molar refractivity (Wildman–Crippen MR) is 87.5 cm³/mol. The number of carboxylic acid groups (broad SMARTS) is 1. The minimum atomic E-state index is -3.10. The summed E-state index contributed by atoms with van der Waals surface area (Å²) in [6.07, 6.45) is 1.46. The zero-order valence-corrected chi connectivity index (χ0v) is 14.2. The van der Waals surface area contributed by atoms with Gasteiger partial charge in [-0.05, 0) is 42.9 Å². The van der Waals surface area contributed by atoms with E-state index in [4.69, 9.17) is 7.48 Å². The highest BCUT2D eigenvalue weighted by Crippen LogP contribution is 2.38. The molecule has 2 atom stereocenters. The molecule has 0 radical (unpaired) electrons. The Balaban J connectivity index is 1.88. The van der Waals surface area contributed by atoms with Crippen molar-refractivity contribution < 1.29 is 35.7 Å². The largest absolute Gasteiger partial charge is 0.489 e. The van der Waals surface area contributed by atoms with Gasteiger partial charge in [0, 0.05) is 19.4 Å². The molecule has 0 bridgehead atoms. The van der Waals surface area contributed by atoms with Crippen LogP contribution >= 0.6 is 0 Å². The number of hydrogen-bond donors (Lipinski definition) is 1. The Hall–Kier alpha value is -2.38. The Morgan fingerprint density at radius 1 is 1.38 bits per heavy atom. The van der Waals surface area contributed by atoms with Gasteiger partial charge in [0.05, 0.1) is 9.30 Å². The number of likely N-dealkylation sites (tertiary alicyclic amines) is 1. The number of ether oxygens (including phenoxy) is 2. The maximum atomic E-state index is 12.7. The van der Waals surface area contributed by atoms with Crippen molar-refractivity contribution >= 4 is 11.9 Å². The van der Waals surface area contributed by atoms with Crippen LogP contribution in [0.15, 0.2) is 18.2 Å². The highest BCUT2D eigenvalue weighted by Gasteiger charge is 2.39. The quantitative estimate of drug-likeness (QED) is 0.798. The molecule has 142 valence electrons. The molecule has 1 amide bonds. The van der Waals surface area contributed by atoms with Gasteiger partial charge in [0.1, 0.15) is 6.04 Å². The molecule has 1 N–H and O–H groups in total. The summed E-state index contributed by atoms with van der Waals surface area (Å²) in [4.78, 5) is 24.4. The lowest BCUT2D eigenvalue weighted by Crippen LogP contribution is -2.39. The number of carbonyl (C=O) groups is 2. The minimum Gasteiger partial charge on any atom is -0.489 e. The second kappa shape index (κ2) is 7.47. The van der Waals surface area contributed by atoms with E-state index in [2.05, 4.69) is 4.74 Å². The second-order valence-electron chi connectivity index (χ2n) is 6.54. The molecule has 1 aromatic rings. The Bertz CT molecular complexity index is 750. The molecule has 1 saturated carbocycles. The molecule has 0 aromatic heterocycles. The summed E-state index contributed by atoms with van der Waals surface area (Å²) in [5.74, 6) is -2.60. The van der Waals surface area contributed by atoms with Crippen LogP contribution in [0, 0.1) is 5.92 Å². The van der Waals surface area contributed by atoms with Crippen molar-refractivity contribution in [2.24, 2.45) is 5.92 Å². The fourth-order valence-electron chi connectivity index (χ4n) is 3.06. The summed E-state index contributed by atoms with van der Waals surface area (Å²) in [7, 11) is 0. The fraction of sp³-hybridized carbons (Fsp3) is 0.556. The highest BCUT2D eigenvalue weighted by atomic mass is 19.3. The van der Waals surface area contributed by atoms with Crippen LogP contribution in [0.4, 0.5) is 8.78 Å². The van der Waals surface area contributed by atoms with Gasteiger partial charge in [-0.1, -0.05) is 6.07 Å². The average Bonchev–Trinajstić information content (AvgIpc) is 3.35. The Morgan fingerprint density at radius 2 is 2.12 bits per heavy atom. The number of carboxylic acids is 1. The zero-order chi connectivity index (χ0) is 20.6. The van der Waals surface area contributed by atoms with E-state index in [-0.39, 0.29) is 42.2 Å². The van der Waals surface area contributed by atoms with Gasteiger partial charge >= 0.3 is 12.6 Å². The third-order valence-corrected chi connectivity index (χ3v) is 4.56. The Kier molecular flexibility index (Phi) is 4.55. The molecule has 2 fully saturated rings. The van der Waals surface area contributed by atoms with E-state index in [1.165, 1.54) is 30.0 Å². The topological polar surface area (TPSA) is 76.1 Å². The van der Waals surface area contributed by atoms with E-state index in [0.717, 1.165) is 0 Å². The van der Waals surface area contributed by atoms with Gasteiger partial charge in [0.25, 0.3) is 0 Å². The number of halogens is 2. The van der Waals surface area contributed by atoms with E-state index in [9.17, 15) is 23.5 Å². The van der Waals surface area contributed by atoms with Crippen molar-refractivity contribution in [3.8, 4) is 11.5 Å². The maximum absolute atomic E-state index is 12.7. The minimum absolute atomic E-state index is 0.163. The predicted octanol–water partition coefficient (Wildman–Crippen LogP) is 2.87. The highest BCUT2D eigenvalue weighted by molar-refractivity contribution is 5.83. The molecule has 26 heavy (non-hydrogen) atoms. The van der Waals surface area contributed by atoms with E-state index in [1.54, 1.807) is 0 Å². The first-order valence-electron chi connectivity index (χ1n) is 9.36. The van der Waals surface area contributed by atoms with E-state index >= 15 is 0 Å². The summed E-state index contributed by atoms with van der Waals surface area (Å²) in [6, 6.07) is 3.18. The molecule has 8 heteroatoms. The first-order valence-corrected chi connectivity index (χ1v) is 8.36. The standard InChI is InChI=1S/C18H21F2NO5/c1-10(22)21-8-13(6-14(21)17(23)24)12-4-5-15(26-18(19)20)16(7-12)25-9-11-2-3-11/h4-5,7,11,13-14,18H,2-3,6,8-9H2,1H3,(H,23,24)/i9D2. The third-order valence-electron chi connectivity index (χ3n) is 4.56. The van der Waals surface area contributed by atoms with Gasteiger partial charge in [-0.3, -0.25) is 4.79 Å². The van der Waals surface area contributed by atoms with Crippen LogP contribution in [-0.2, 0) is 9.59 Å². The fourth-order valence-corrected chi connectivity index (χ4v) is 3.06. The Morgan fingerprint density at radius 3 is 2.65 bits per heavy atom. The molecule has 2 aliphatic rings. The molecule has 3 rings (SSSR count). The normalized spacial score (nSPS) is 24.2. The van der Waals surface area contributed by atoms with Gasteiger partial charge in [-0.2, -0.15) is 8.78 Å². The molecule has 1 aliphatic heterocycles. The first kappa shape index (κ1) is 15.8. The maximum Gasteiger partial charge on any atom is 0.387 e. The number of nitrogens with zero attached hydrogens (tertiary/aromatic N) is 1. The van der Waals surface area contributed by atoms with Crippen LogP contribution in [0.1, 0.15) is 40.4 Å². The number of amides is 1. The zero-order valence-electron chi connectivity index (χ0n) is 16.2. The summed E-state index contributed by atoms with van der Waals surface area (Å²) in [6.45, 7) is -3.67. The SMILES string of the molecule is [2H]C([2H])(Oc1cc(C2CC(C(=O)O)N(C(C)=O)C2)ccc1OC(F)F)C1CC1. The van der Waals surface area contributed by atoms with Crippen molar-refractivity contribution in [2.45, 2.75) is 44.8 Å². The monoisotopic (exact) mass is 371 g/mol. The summed E-state index contributed by atoms with van der Waals surface area (Å²) in [5, 5.41) is 9.34. The van der Waals surface area contributed by atoms with Crippen LogP contribution in [0.5, 0.6) is 11.5 Å². The van der Waals surface area contributed by atoms with E-state index < -0.39 is 25.2 Å². The van der Waals surface area contributed by atoms with Crippen molar-refractivity contribution in [1.29, 1.82) is 0 Å². The molecule has 1 aliphatic carbocycles. The van der Waals surface area contributed by atoms with Crippen molar-refractivity contribution in [3.63, 3.8) is 0 Å². The van der Waals surface area contributed by atoms with Crippen molar-refractivity contribution in [3.05, 3.63) is 23.8 Å². The van der Waals surface area contributed by atoms with Gasteiger partial charge in [0.15, 0.2) is 11.5 Å². The summed E-state index contributed by atoms with van der Waals surface area (Å²) < 4.78 is 51.2. The Labute approximate surface area is 152 Å². The van der Waals surface area contributed by atoms with Crippen molar-refractivity contribution in [2.75, 3.05) is 13.1 Å². The summed E-state index contributed by atoms with van der Waals surface area (Å²) >= 11 is 0. The molecular formula is C18H21F2NO5. The molecule has 1 aromatic carbocycles. The van der Waals surface area contributed by atoms with Gasteiger partial charge in [-0.25, -0.2) is 4.79 Å². The number of rotatable bonds is 7. The second-order valence-corrected chi connectivity index (χ2v) is 6.54. The smallest absolute Gasteiger partial charge is 0.387 e. The van der Waals surface area contributed by atoms with E-state index in [0.29, 0.717) is 18.4 Å². The van der Waals surface area contributed by atoms with Crippen LogP contribution in [0.3, 0.4) is 0 Å². The van der Waals surface area contributed by atoms with E-state index in [1.807, 2.05) is 0 Å². The lowest BCUT2D eigenvalue weighted by Gasteiger charge is -2.19. The van der Waals surface area contributed by atoms with Gasteiger partial charge in [-0.15, -0.1) is 0 Å². The molecule has 1 saturated heterocycles. The van der Waals surface area contributed by atoms with Crippen LogP contribution in [0.25, 0.3) is 0 Å². The number of aliphatic carboxylic acids is 1. The molecule has 0 spiro atoms. The van der Waals surface area contributed by atoms with Crippen molar-refractivity contribution in [1.82, 2.24) is 4.90 Å². The third kappa shape index (κ3) is 4.23. The average molecular weight is 371 g/mol. The van der Waals surface area contributed by atoms with Gasteiger partial charge < -0.3 is 19.5 Å². The molecule has 1 heterocycles.